The number of nitrogen functional groups attached to an aromatic ring is 1. The minimum Gasteiger partial charge on any atom is -0.469 e. The molecule has 6 nitrogen and oxygen atoms in total. The number of carbonyl (C=O) groups is 2. The number of pyridine rings is 1. The van der Waals surface area contributed by atoms with Crippen molar-refractivity contribution in [2.75, 3.05) is 25.7 Å². The Labute approximate surface area is 127 Å². The van der Waals surface area contributed by atoms with Crippen molar-refractivity contribution in [1.29, 1.82) is 0 Å². The average Bonchev–Trinajstić information content (AvgIpc) is 3.25. The van der Waals surface area contributed by atoms with Crippen molar-refractivity contribution >= 4 is 29.4 Å². The molecular weight excluding hydrogens is 292 g/mol. The molecule has 1 heterocycles. The Kier molecular flexibility index (Phi) is 4.72. The van der Waals surface area contributed by atoms with E-state index in [2.05, 4.69) is 9.72 Å². The number of carbonyl (C=O) groups excluding carboxylic acids is 2. The van der Waals surface area contributed by atoms with Gasteiger partial charge in [-0.15, -0.1) is 11.8 Å². The second-order valence-electron chi connectivity index (χ2n) is 5.14. The monoisotopic (exact) mass is 310 g/mol. The molecule has 114 valence electrons. The Balaban J connectivity index is 2.01. The van der Waals surface area contributed by atoms with Crippen molar-refractivity contribution < 1.29 is 19.1 Å². The Morgan fingerprint density at radius 1 is 1.38 bits per heavy atom. The zero-order valence-electron chi connectivity index (χ0n) is 12.0. The number of anilines is 1. The Morgan fingerprint density at radius 3 is 2.67 bits per heavy atom. The van der Waals surface area contributed by atoms with Gasteiger partial charge in [-0.2, -0.15) is 0 Å². The van der Waals surface area contributed by atoms with Crippen LogP contribution in [-0.2, 0) is 14.3 Å². The summed E-state index contributed by atoms with van der Waals surface area (Å²) in [5.74, 6) is 0.0978. The van der Waals surface area contributed by atoms with Gasteiger partial charge in [-0.05, 0) is 24.3 Å². The second kappa shape index (κ2) is 6.34. The van der Waals surface area contributed by atoms with E-state index < -0.39 is 5.97 Å². The third kappa shape index (κ3) is 3.87. The fourth-order valence-electron chi connectivity index (χ4n) is 1.97. The molecular formula is C14H18N2O4S. The Morgan fingerprint density at radius 2 is 2.10 bits per heavy atom. The summed E-state index contributed by atoms with van der Waals surface area (Å²) < 4.78 is 9.40. The van der Waals surface area contributed by atoms with Crippen molar-refractivity contribution in [1.82, 2.24) is 4.98 Å². The lowest BCUT2D eigenvalue weighted by atomic mass is 10.1. The highest BCUT2D eigenvalue weighted by Gasteiger charge is 2.44. The molecule has 1 fully saturated rings. The van der Waals surface area contributed by atoms with E-state index in [1.807, 2.05) is 0 Å². The van der Waals surface area contributed by atoms with Crippen molar-refractivity contribution in [3.63, 3.8) is 0 Å². The SMILES string of the molecule is COC(=O)CC1(CSc2cc(C(=O)OC)c(N)cn2)CC1. The molecule has 0 saturated heterocycles. The molecule has 0 atom stereocenters. The van der Waals surface area contributed by atoms with E-state index in [-0.39, 0.29) is 11.4 Å². The van der Waals surface area contributed by atoms with Crippen LogP contribution < -0.4 is 5.73 Å². The number of ether oxygens (including phenoxy) is 2. The van der Waals surface area contributed by atoms with Crippen LogP contribution in [0.5, 0.6) is 0 Å². The van der Waals surface area contributed by atoms with Gasteiger partial charge in [0, 0.05) is 5.75 Å². The van der Waals surface area contributed by atoms with E-state index in [9.17, 15) is 9.59 Å². The third-order valence-corrected chi connectivity index (χ3v) is 4.82. The Bertz CT molecular complexity index is 558. The van der Waals surface area contributed by atoms with Crippen LogP contribution in [0.3, 0.4) is 0 Å². The van der Waals surface area contributed by atoms with Crippen LogP contribution in [0, 0.1) is 5.41 Å². The molecule has 2 rings (SSSR count). The molecule has 1 aromatic heterocycles. The lowest BCUT2D eigenvalue weighted by molar-refractivity contribution is -0.141. The van der Waals surface area contributed by atoms with Crippen LogP contribution in [-0.4, -0.2) is 36.9 Å². The molecule has 1 saturated carbocycles. The van der Waals surface area contributed by atoms with Gasteiger partial charge in [0.15, 0.2) is 0 Å². The molecule has 21 heavy (non-hydrogen) atoms. The maximum atomic E-state index is 11.6. The van der Waals surface area contributed by atoms with E-state index >= 15 is 0 Å². The van der Waals surface area contributed by atoms with Crippen LogP contribution in [0.15, 0.2) is 17.3 Å². The van der Waals surface area contributed by atoms with Crippen molar-refractivity contribution in [3.8, 4) is 0 Å². The van der Waals surface area contributed by atoms with E-state index in [4.69, 9.17) is 10.5 Å². The summed E-state index contributed by atoms with van der Waals surface area (Å²) in [7, 11) is 2.71. The first-order valence-corrected chi connectivity index (χ1v) is 7.52. The number of aromatic nitrogens is 1. The standard InChI is InChI=1S/C14H18N2O4S/c1-19-12(17)6-14(3-4-14)8-21-11-5-9(13(18)20-2)10(15)7-16-11/h5,7H,3-4,6,8,15H2,1-2H3. The molecule has 2 N–H and O–H groups in total. The highest BCUT2D eigenvalue weighted by Crippen LogP contribution is 2.52. The Hall–Kier alpha value is -1.76. The molecule has 0 amide bonds. The molecule has 0 aliphatic heterocycles. The number of nitrogens with zero attached hydrogens (tertiary/aromatic N) is 1. The van der Waals surface area contributed by atoms with Gasteiger partial charge in [0.1, 0.15) is 0 Å². The highest BCUT2D eigenvalue weighted by atomic mass is 32.2. The molecule has 0 unspecified atom stereocenters. The average molecular weight is 310 g/mol. The van der Waals surface area contributed by atoms with Gasteiger partial charge in [0.05, 0.1) is 43.1 Å². The summed E-state index contributed by atoms with van der Waals surface area (Å²) in [6, 6.07) is 1.63. The highest BCUT2D eigenvalue weighted by molar-refractivity contribution is 7.99. The normalized spacial score (nSPS) is 15.3. The van der Waals surface area contributed by atoms with E-state index in [0.29, 0.717) is 22.7 Å². The van der Waals surface area contributed by atoms with Gasteiger partial charge in [-0.25, -0.2) is 9.78 Å². The molecule has 0 spiro atoms. The number of thioether (sulfide) groups is 1. The van der Waals surface area contributed by atoms with E-state index in [1.165, 1.54) is 32.2 Å². The predicted molar refractivity (Wildman–Crippen MR) is 79.0 cm³/mol. The van der Waals surface area contributed by atoms with Gasteiger partial charge in [0.25, 0.3) is 0 Å². The van der Waals surface area contributed by atoms with Crippen LogP contribution in [0.25, 0.3) is 0 Å². The van der Waals surface area contributed by atoms with Crippen LogP contribution in [0.1, 0.15) is 29.6 Å². The molecule has 1 aromatic rings. The summed E-state index contributed by atoms with van der Waals surface area (Å²) >= 11 is 1.51. The molecule has 7 heteroatoms. The van der Waals surface area contributed by atoms with Gasteiger partial charge in [0.2, 0.25) is 0 Å². The van der Waals surface area contributed by atoms with Crippen LogP contribution in [0.4, 0.5) is 5.69 Å². The lowest BCUT2D eigenvalue weighted by Crippen LogP contribution is -2.13. The number of methoxy groups -OCH3 is 2. The number of esters is 2. The zero-order chi connectivity index (χ0) is 15.5. The van der Waals surface area contributed by atoms with Crippen molar-refractivity contribution in [3.05, 3.63) is 17.8 Å². The molecule has 1 aliphatic carbocycles. The predicted octanol–water partition coefficient (Wildman–Crippen LogP) is 1.89. The number of rotatable bonds is 6. The van der Waals surface area contributed by atoms with Gasteiger partial charge < -0.3 is 15.2 Å². The molecule has 0 aromatic carbocycles. The second-order valence-corrected chi connectivity index (χ2v) is 6.14. The van der Waals surface area contributed by atoms with Gasteiger partial charge >= 0.3 is 11.9 Å². The topological polar surface area (TPSA) is 91.5 Å². The largest absolute Gasteiger partial charge is 0.469 e. The fraction of sp³-hybridized carbons (Fsp3) is 0.500. The molecule has 1 aliphatic rings. The minimum absolute atomic E-state index is 0.00621. The first kappa shape index (κ1) is 15.6. The molecule has 0 bridgehead atoms. The summed E-state index contributed by atoms with van der Waals surface area (Å²) in [5, 5.41) is 0.695. The summed E-state index contributed by atoms with van der Waals surface area (Å²) in [6.07, 6.45) is 3.89. The van der Waals surface area contributed by atoms with Gasteiger partial charge in [-0.1, -0.05) is 0 Å². The van der Waals surface area contributed by atoms with E-state index in [1.54, 1.807) is 6.07 Å². The third-order valence-electron chi connectivity index (χ3n) is 3.55. The van der Waals surface area contributed by atoms with Crippen LogP contribution >= 0.6 is 11.8 Å². The zero-order valence-corrected chi connectivity index (χ0v) is 12.9. The first-order valence-electron chi connectivity index (χ1n) is 6.53. The number of hydrogen-bond donors (Lipinski definition) is 1. The van der Waals surface area contributed by atoms with Crippen LogP contribution in [0.2, 0.25) is 0 Å². The quantitative estimate of drug-likeness (QED) is 0.633. The maximum Gasteiger partial charge on any atom is 0.340 e. The molecule has 0 radical (unpaired) electrons. The van der Waals surface area contributed by atoms with Gasteiger partial charge in [-0.3, -0.25) is 4.79 Å². The number of nitrogens with two attached hydrogens (primary N) is 1. The smallest absolute Gasteiger partial charge is 0.340 e. The van der Waals surface area contributed by atoms with Crippen molar-refractivity contribution in [2.45, 2.75) is 24.3 Å². The lowest BCUT2D eigenvalue weighted by Gasteiger charge is -2.13. The number of hydrogen-bond acceptors (Lipinski definition) is 7. The van der Waals surface area contributed by atoms with E-state index in [0.717, 1.165) is 18.6 Å². The first-order chi connectivity index (χ1) is 9.99. The summed E-state index contributed by atoms with van der Waals surface area (Å²) in [5.41, 5.74) is 6.32. The fourth-order valence-corrected chi connectivity index (χ4v) is 3.14. The minimum atomic E-state index is -0.479. The summed E-state index contributed by atoms with van der Waals surface area (Å²) in [6.45, 7) is 0. The van der Waals surface area contributed by atoms with Crippen molar-refractivity contribution in [2.24, 2.45) is 5.41 Å². The summed E-state index contributed by atoms with van der Waals surface area (Å²) in [4.78, 5) is 27.2. The maximum absolute atomic E-state index is 11.6.